The van der Waals surface area contributed by atoms with Crippen LogP contribution in [-0.2, 0) is 6.42 Å². The van der Waals surface area contributed by atoms with Crippen molar-refractivity contribution in [1.82, 2.24) is 4.98 Å². The minimum Gasteiger partial charge on any atom is -0.497 e. The number of fused-ring (bicyclic) bond motifs is 1. The summed E-state index contributed by atoms with van der Waals surface area (Å²) in [5.41, 5.74) is 1.99. The molecule has 0 saturated carbocycles. The maximum atomic E-state index is 12.7. The van der Waals surface area contributed by atoms with E-state index in [9.17, 15) is 9.59 Å². The molecule has 2 N–H and O–H groups in total. The number of benzene rings is 1. The van der Waals surface area contributed by atoms with Crippen molar-refractivity contribution in [3.63, 3.8) is 0 Å². The van der Waals surface area contributed by atoms with E-state index in [4.69, 9.17) is 4.74 Å². The number of aromatic nitrogens is 1. The number of Topliss-reactive ketones (excluding diaryl/α,β-unsaturated/α-hetero) is 1. The molecule has 1 aromatic heterocycles. The van der Waals surface area contributed by atoms with Gasteiger partial charge in [-0.25, -0.2) is 0 Å². The molecule has 1 amide bonds. The Morgan fingerprint density at radius 2 is 2.13 bits per heavy atom. The third-order valence-electron chi connectivity index (χ3n) is 4.38. The summed E-state index contributed by atoms with van der Waals surface area (Å²) in [4.78, 5) is 28.3. The van der Waals surface area contributed by atoms with E-state index in [2.05, 4.69) is 10.3 Å². The predicted octanol–water partition coefficient (Wildman–Crippen LogP) is 3.43. The van der Waals surface area contributed by atoms with Gasteiger partial charge in [-0.1, -0.05) is 19.9 Å². The number of H-pyrrole nitrogens is 1. The van der Waals surface area contributed by atoms with Crippen molar-refractivity contribution in [2.45, 2.75) is 26.7 Å². The van der Waals surface area contributed by atoms with Gasteiger partial charge in [-0.15, -0.1) is 0 Å². The summed E-state index contributed by atoms with van der Waals surface area (Å²) in [6, 6.07) is 7.13. The van der Waals surface area contributed by atoms with Crippen molar-refractivity contribution in [2.24, 2.45) is 5.41 Å². The molecule has 23 heavy (non-hydrogen) atoms. The van der Waals surface area contributed by atoms with Crippen molar-refractivity contribution in [3.8, 4) is 5.75 Å². The standard InChI is InChI=1S/C18H20N2O3/c1-18(2)8-7-14-15(16(18)21)13(10-19-14)17(22)20-11-5-4-6-12(9-11)23-3/h4-6,9-10,19H,7-8H2,1-3H3,(H,20,22). The molecule has 0 atom stereocenters. The molecule has 5 heteroatoms. The second-order valence-electron chi connectivity index (χ2n) is 6.45. The Morgan fingerprint density at radius 3 is 2.87 bits per heavy atom. The first-order valence-electron chi connectivity index (χ1n) is 7.63. The summed E-state index contributed by atoms with van der Waals surface area (Å²) in [5.74, 6) is 0.397. The van der Waals surface area contributed by atoms with Crippen LogP contribution in [0.15, 0.2) is 30.5 Å². The van der Waals surface area contributed by atoms with Gasteiger partial charge in [-0.3, -0.25) is 9.59 Å². The molecule has 5 nitrogen and oxygen atoms in total. The summed E-state index contributed by atoms with van der Waals surface area (Å²) < 4.78 is 5.15. The Balaban J connectivity index is 1.90. The third kappa shape index (κ3) is 2.74. The van der Waals surface area contributed by atoms with Crippen LogP contribution in [0, 0.1) is 5.41 Å². The van der Waals surface area contributed by atoms with Gasteiger partial charge in [0.2, 0.25) is 0 Å². The molecule has 3 rings (SSSR count). The number of hydrogen-bond acceptors (Lipinski definition) is 3. The molecule has 0 aliphatic heterocycles. The summed E-state index contributed by atoms with van der Waals surface area (Å²) in [7, 11) is 1.57. The number of amides is 1. The molecule has 0 unspecified atom stereocenters. The first-order valence-corrected chi connectivity index (χ1v) is 7.63. The van der Waals surface area contributed by atoms with Gasteiger partial charge in [-0.2, -0.15) is 0 Å². The Morgan fingerprint density at radius 1 is 1.35 bits per heavy atom. The quantitative estimate of drug-likeness (QED) is 0.912. The van der Waals surface area contributed by atoms with Gasteiger partial charge in [-0.05, 0) is 25.0 Å². The van der Waals surface area contributed by atoms with E-state index >= 15 is 0 Å². The molecule has 0 spiro atoms. The molecule has 1 aliphatic carbocycles. The molecule has 0 fully saturated rings. The van der Waals surface area contributed by atoms with Crippen molar-refractivity contribution in [2.75, 3.05) is 12.4 Å². The highest BCUT2D eigenvalue weighted by molar-refractivity contribution is 6.15. The third-order valence-corrected chi connectivity index (χ3v) is 4.38. The number of carbonyl (C=O) groups excluding carboxylic acids is 2. The minimum atomic E-state index is -0.430. The first kappa shape index (κ1) is 15.3. The van der Waals surface area contributed by atoms with Crippen LogP contribution in [0.25, 0.3) is 0 Å². The summed E-state index contributed by atoms with van der Waals surface area (Å²) >= 11 is 0. The maximum absolute atomic E-state index is 12.7. The normalized spacial score (nSPS) is 15.9. The lowest BCUT2D eigenvalue weighted by Gasteiger charge is -2.28. The zero-order chi connectivity index (χ0) is 16.6. The second kappa shape index (κ2) is 5.57. The van der Waals surface area contributed by atoms with E-state index in [0.29, 0.717) is 22.6 Å². The highest BCUT2D eigenvalue weighted by atomic mass is 16.5. The lowest BCUT2D eigenvalue weighted by molar-refractivity contribution is 0.0805. The Hall–Kier alpha value is -2.56. The van der Waals surface area contributed by atoms with Gasteiger partial charge in [0.1, 0.15) is 5.75 Å². The number of anilines is 1. The number of nitrogens with one attached hydrogen (secondary N) is 2. The van der Waals surface area contributed by atoms with Crippen molar-refractivity contribution in [1.29, 1.82) is 0 Å². The van der Waals surface area contributed by atoms with Gasteiger partial charge < -0.3 is 15.0 Å². The second-order valence-corrected chi connectivity index (χ2v) is 6.45. The van der Waals surface area contributed by atoms with Crippen molar-refractivity contribution < 1.29 is 14.3 Å². The van der Waals surface area contributed by atoms with Crippen LogP contribution in [0.2, 0.25) is 0 Å². The maximum Gasteiger partial charge on any atom is 0.257 e. The fourth-order valence-corrected chi connectivity index (χ4v) is 2.89. The number of aromatic amines is 1. The van der Waals surface area contributed by atoms with Gasteiger partial charge >= 0.3 is 0 Å². The number of aryl methyl sites for hydroxylation is 1. The smallest absolute Gasteiger partial charge is 0.257 e. The van der Waals surface area contributed by atoms with Crippen LogP contribution in [0.3, 0.4) is 0 Å². The monoisotopic (exact) mass is 312 g/mol. The fraction of sp³-hybridized carbons (Fsp3) is 0.333. The molecule has 0 saturated heterocycles. The van der Waals surface area contributed by atoms with Crippen molar-refractivity contribution in [3.05, 3.63) is 47.3 Å². The SMILES string of the molecule is COc1cccc(NC(=O)c2c[nH]c3c2C(=O)C(C)(C)CC3)c1. The number of carbonyl (C=O) groups is 2. The first-order chi connectivity index (χ1) is 10.9. The summed E-state index contributed by atoms with van der Waals surface area (Å²) in [6.45, 7) is 3.85. The molecule has 1 aromatic carbocycles. The van der Waals surface area contributed by atoms with Gasteiger partial charge in [0, 0.05) is 29.1 Å². The number of hydrogen-bond donors (Lipinski definition) is 2. The van der Waals surface area contributed by atoms with E-state index in [1.54, 1.807) is 37.6 Å². The van der Waals surface area contributed by atoms with Gasteiger partial charge in [0.05, 0.1) is 18.2 Å². The van der Waals surface area contributed by atoms with Crippen LogP contribution in [-0.4, -0.2) is 23.8 Å². The number of ether oxygens (including phenoxy) is 1. The molecule has 1 heterocycles. The molecule has 2 aromatic rings. The summed E-state index contributed by atoms with van der Waals surface area (Å²) in [5, 5.41) is 2.83. The molecule has 0 radical (unpaired) electrons. The molecule has 0 bridgehead atoms. The van der Waals surface area contributed by atoms with Gasteiger partial charge in [0.15, 0.2) is 5.78 Å². The van der Waals surface area contributed by atoms with Crippen molar-refractivity contribution >= 4 is 17.4 Å². The fourth-order valence-electron chi connectivity index (χ4n) is 2.89. The average Bonchev–Trinajstić information content (AvgIpc) is 2.96. The van der Waals surface area contributed by atoms with E-state index in [1.807, 2.05) is 13.8 Å². The zero-order valence-electron chi connectivity index (χ0n) is 13.5. The molecule has 120 valence electrons. The predicted molar refractivity (Wildman–Crippen MR) is 88.2 cm³/mol. The number of ketones is 1. The largest absolute Gasteiger partial charge is 0.497 e. The lowest BCUT2D eigenvalue weighted by atomic mass is 9.74. The minimum absolute atomic E-state index is 0.0239. The number of methoxy groups -OCH3 is 1. The van der Waals surface area contributed by atoms with Crippen LogP contribution in [0.5, 0.6) is 5.75 Å². The average molecular weight is 312 g/mol. The molecular weight excluding hydrogens is 292 g/mol. The van der Waals surface area contributed by atoms with Crippen LogP contribution < -0.4 is 10.1 Å². The highest BCUT2D eigenvalue weighted by Crippen LogP contribution is 2.36. The highest BCUT2D eigenvalue weighted by Gasteiger charge is 2.37. The Labute approximate surface area is 135 Å². The zero-order valence-corrected chi connectivity index (χ0v) is 13.5. The van der Waals surface area contributed by atoms with E-state index in [0.717, 1.165) is 18.5 Å². The summed E-state index contributed by atoms with van der Waals surface area (Å²) in [6.07, 6.45) is 3.19. The Kier molecular flexibility index (Phi) is 3.72. The Bertz CT molecular complexity index is 774. The topological polar surface area (TPSA) is 71.2 Å². The molecule has 1 aliphatic rings. The van der Waals surface area contributed by atoms with Crippen LogP contribution in [0.4, 0.5) is 5.69 Å². The van der Waals surface area contributed by atoms with E-state index in [1.165, 1.54) is 0 Å². The van der Waals surface area contributed by atoms with E-state index < -0.39 is 5.41 Å². The lowest BCUT2D eigenvalue weighted by Crippen LogP contribution is -2.31. The van der Waals surface area contributed by atoms with Crippen LogP contribution >= 0.6 is 0 Å². The van der Waals surface area contributed by atoms with Gasteiger partial charge in [0.25, 0.3) is 5.91 Å². The van der Waals surface area contributed by atoms with E-state index in [-0.39, 0.29) is 11.7 Å². The molecular formula is C18H20N2O3. The number of rotatable bonds is 3. The van der Waals surface area contributed by atoms with Crippen LogP contribution in [0.1, 0.15) is 46.7 Å².